The zero-order valence-electron chi connectivity index (χ0n) is 20.6. The summed E-state index contributed by atoms with van der Waals surface area (Å²) in [4.78, 5) is 0. The Balaban J connectivity index is 1.41. The summed E-state index contributed by atoms with van der Waals surface area (Å²) in [7, 11) is 0. The van der Waals surface area contributed by atoms with Gasteiger partial charge in [0.05, 0.1) is 18.3 Å². The van der Waals surface area contributed by atoms with Crippen molar-refractivity contribution in [2.45, 2.75) is 112 Å². The number of fused-ring (bicyclic) bond motifs is 4. The van der Waals surface area contributed by atoms with Gasteiger partial charge in [-0.25, -0.2) is 0 Å². The Morgan fingerprint density at radius 2 is 1.77 bits per heavy atom. The summed E-state index contributed by atoms with van der Waals surface area (Å²) in [6, 6.07) is 0. The summed E-state index contributed by atoms with van der Waals surface area (Å²) in [5, 5.41) is 22.8. The van der Waals surface area contributed by atoms with Gasteiger partial charge in [0.15, 0.2) is 0 Å². The van der Waals surface area contributed by atoms with Crippen molar-refractivity contribution in [3.8, 4) is 0 Å². The molecule has 6 fully saturated rings. The highest BCUT2D eigenvalue weighted by molar-refractivity contribution is 5.44. The monoisotopic (exact) mass is 427 g/mol. The largest absolute Gasteiger partial charge is 0.393 e. The third-order valence-corrected chi connectivity index (χ3v) is 12.5. The first-order valence-electron chi connectivity index (χ1n) is 13.1. The second-order valence-electron chi connectivity index (χ2n) is 13.4. The van der Waals surface area contributed by atoms with Gasteiger partial charge in [-0.05, 0) is 97.2 Å². The number of aliphatic hydroxyl groups is 2. The van der Waals surface area contributed by atoms with Crippen LogP contribution in [0.1, 0.15) is 99.3 Å². The van der Waals surface area contributed by atoms with Gasteiger partial charge in [-0.1, -0.05) is 41.5 Å². The Kier molecular flexibility index (Phi) is 4.22. The molecule has 0 bridgehead atoms. The molecule has 1 heterocycles. The van der Waals surface area contributed by atoms with Crippen LogP contribution in [0.2, 0.25) is 0 Å². The molecule has 1 saturated heterocycles. The summed E-state index contributed by atoms with van der Waals surface area (Å²) >= 11 is 0. The lowest BCUT2D eigenvalue weighted by atomic mass is 9.41. The van der Waals surface area contributed by atoms with Gasteiger partial charge in [-0.2, -0.15) is 0 Å². The molecule has 2 spiro atoms. The molecule has 0 amide bonds. The van der Waals surface area contributed by atoms with E-state index in [1.165, 1.54) is 32.1 Å². The Morgan fingerprint density at radius 3 is 2.48 bits per heavy atom. The Labute approximate surface area is 189 Å². The SMILES string of the molecule is CC[C]1C[C@@H](C)[C@H]2[C](O1)[C@H](O)[C@@]1(C)[C]3CC[C@H]4C(C)(C)[C@@H](O)CC[C@@]45C[C@@]35CC[C@]21C. The molecule has 173 valence electrons. The molecule has 31 heavy (non-hydrogen) atoms. The number of hydrogen-bond acceptors (Lipinski definition) is 3. The molecule has 0 aromatic heterocycles. The first kappa shape index (κ1) is 21.4. The molecule has 1 aliphatic heterocycles. The van der Waals surface area contributed by atoms with Crippen LogP contribution in [-0.2, 0) is 4.74 Å². The zero-order valence-corrected chi connectivity index (χ0v) is 20.6. The molecule has 3 nitrogen and oxygen atoms in total. The maximum Gasteiger partial charge on any atom is 0.131 e. The van der Waals surface area contributed by atoms with E-state index in [4.69, 9.17) is 4.74 Å². The van der Waals surface area contributed by atoms with E-state index < -0.39 is 6.10 Å². The van der Waals surface area contributed by atoms with Crippen LogP contribution in [0.4, 0.5) is 0 Å². The van der Waals surface area contributed by atoms with E-state index in [1.807, 2.05) is 0 Å². The lowest BCUT2D eigenvalue weighted by molar-refractivity contribution is -0.125. The maximum atomic E-state index is 11.9. The molecule has 6 aliphatic rings. The highest BCUT2D eigenvalue weighted by Crippen LogP contribution is 2.90. The van der Waals surface area contributed by atoms with Crippen molar-refractivity contribution in [1.29, 1.82) is 0 Å². The Bertz CT molecular complexity index is 778. The van der Waals surface area contributed by atoms with Crippen LogP contribution < -0.4 is 0 Å². The van der Waals surface area contributed by atoms with Crippen LogP contribution >= 0.6 is 0 Å². The van der Waals surface area contributed by atoms with Gasteiger partial charge in [0.25, 0.3) is 0 Å². The topological polar surface area (TPSA) is 49.7 Å². The summed E-state index contributed by atoms with van der Waals surface area (Å²) in [6.45, 7) is 14.1. The van der Waals surface area contributed by atoms with Gasteiger partial charge in [0, 0.05) is 11.3 Å². The van der Waals surface area contributed by atoms with Crippen molar-refractivity contribution in [3.63, 3.8) is 0 Å². The standard InChI is InChI=1S/C28H43O3/c1-7-17-14-16(2)21-22(31-17)23(30)26(6)19-9-8-18-24(3,4)20(29)10-11-27(18)15-28(19,27)13-12-25(21,26)5/h16,18,20-21,23,29-30H,7-15H2,1-6H3/t16-,18+,20+,21+,23+,25-,26-,27-,28+/m1/s1. The average Bonchev–Trinajstić information content (AvgIpc) is 3.36. The summed E-state index contributed by atoms with van der Waals surface area (Å²) in [6.07, 6.45) is 11.7. The molecular formula is C28H43O3. The predicted molar refractivity (Wildman–Crippen MR) is 121 cm³/mol. The van der Waals surface area contributed by atoms with Crippen molar-refractivity contribution in [2.75, 3.05) is 0 Å². The van der Waals surface area contributed by atoms with Gasteiger partial charge >= 0.3 is 0 Å². The molecule has 2 N–H and O–H groups in total. The van der Waals surface area contributed by atoms with Gasteiger partial charge < -0.3 is 14.9 Å². The second kappa shape index (κ2) is 6.11. The predicted octanol–water partition coefficient (Wildman–Crippen LogP) is 5.86. The smallest absolute Gasteiger partial charge is 0.131 e. The van der Waals surface area contributed by atoms with Gasteiger partial charge in [0.1, 0.15) is 6.10 Å². The third kappa shape index (κ3) is 2.15. The first-order chi connectivity index (χ1) is 14.5. The Morgan fingerprint density at radius 1 is 1.03 bits per heavy atom. The first-order valence-corrected chi connectivity index (χ1v) is 13.1. The number of rotatable bonds is 1. The van der Waals surface area contributed by atoms with Crippen LogP contribution in [0.5, 0.6) is 0 Å². The molecule has 0 aromatic carbocycles. The van der Waals surface area contributed by atoms with Crippen molar-refractivity contribution >= 4 is 0 Å². The molecule has 5 aliphatic carbocycles. The average molecular weight is 428 g/mol. The fraction of sp³-hybridized carbons (Fsp3) is 0.893. The van der Waals surface area contributed by atoms with Gasteiger partial charge in [0.2, 0.25) is 0 Å². The van der Waals surface area contributed by atoms with Gasteiger partial charge in [-0.15, -0.1) is 0 Å². The zero-order chi connectivity index (χ0) is 22.2. The van der Waals surface area contributed by atoms with Crippen LogP contribution in [-0.4, -0.2) is 22.4 Å². The molecule has 9 atom stereocenters. The van der Waals surface area contributed by atoms with E-state index in [2.05, 4.69) is 41.5 Å². The van der Waals surface area contributed by atoms with E-state index in [9.17, 15) is 10.2 Å². The minimum Gasteiger partial charge on any atom is -0.393 e. The summed E-state index contributed by atoms with van der Waals surface area (Å²) < 4.78 is 6.48. The molecule has 6 rings (SSSR count). The van der Waals surface area contributed by atoms with Crippen molar-refractivity contribution < 1.29 is 14.9 Å². The normalized spacial score (nSPS) is 58.6. The maximum absolute atomic E-state index is 11.9. The number of ether oxygens (including phenoxy) is 1. The highest BCUT2D eigenvalue weighted by atomic mass is 16.5. The fourth-order valence-electron chi connectivity index (χ4n) is 10.7. The van der Waals surface area contributed by atoms with E-state index in [0.717, 1.165) is 37.9 Å². The van der Waals surface area contributed by atoms with Crippen LogP contribution in [0.25, 0.3) is 0 Å². The van der Waals surface area contributed by atoms with Crippen molar-refractivity contribution in [1.82, 2.24) is 0 Å². The fourth-order valence-corrected chi connectivity index (χ4v) is 10.7. The van der Waals surface area contributed by atoms with Crippen LogP contribution in [0, 0.1) is 63.0 Å². The lowest BCUT2D eigenvalue weighted by Gasteiger charge is -2.63. The van der Waals surface area contributed by atoms with Crippen molar-refractivity contribution in [3.05, 3.63) is 18.1 Å². The molecule has 0 aromatic rings. The van der Waals surface area contributed by atoms with Crippen LogP contribution in [0.3, 0.4) is 0 Å². The summed E-state index contributed by atoms with van der Waals surface area (Å²) in [5.74, 6) is 3.22. The molecule has 0 unspecified atom stereocenters. The molecular weight excluding hydrogens is 384 g/mol. The number of aliphatic hydroxyl groups excluding tert-OH is 2. The quantitative estimate of drug-likeness (QED) is 0.551. The van der Waals surface area contributed by atoms with Crippen LogP contribution in [0.15, 0.2) is 0 Å². The lowest BCUT2D eigenvalue weighted by Crippen LogP contribution is -2.58. The van der Waals surface area contributed by atoms with E-state index in [-0.39, 0.29) is 22.3 Å². The summed E-state index contributed by atoms with van der Waals surface area (Å²) in [5.41, 5.74) is 0.587. The Hall–Kier alpha value is -0.120. The minimum absolute atomic E-state index is 0.00851. The second-order valence-corrected chi connectivity index (χ2v) is 13.4. The van der Waals surface area contributed by atoms with Crippen molar-refractivity contribution in [2.24, 2.45) is 44.8 Å². The third-order valence-electron chi connectivity index (χ3n) is 12.5. The molecule has 3 radical (unpaired) electrons. The number of hydrogen-bond donors (Lipinski definition) is 2. The van der Waals surface area contributed by atoms with E-state index in [0.29, 0.717) is 28.6 Å². The van der Waals surface area contributed by atoms with E-state index >= 15 is 0 Å². The molecule has 5 saturated carbocycles. The van der Waals surface area contributed by atoms with E-state index in [1.54, 1.807) is 5.92 Å². The molecule has 3 heteroatoms. The van der Waals surface area contributed by atoms with Gasteiger partial charge in [-0.3, -0.25) is 0 Å². The highest BCUT2D eigenvalue weighted by Gasteiger charge is 2.85. The minimum atomic E-state index is -0.477.